The minimum Gasteiger partial charge on any atom is -0.468 e. The van der Waals surface area contributed by atoms with Crippen LogP contribution in [0.4, 0.5) is 0 Å². The standard InChI is InChI=1S/C11H20O7/c12-5-8-7(3-1-2-4-17-6-13)9(14)10(15)11(16)18-8/h6-12,14-16H,1-5H2. The van der Waals surface area contributed by atoms with Crippen LogP contribution in [-0.4, -0.2) is 64.7 Å². The number of ether oxygens (including phenoxy) is 2. The van der Waals surface area contributed by atoms with Crippen LogP contribution in [0.5, 0.6) is 0 Å². The second kappa shape index (κ2) is 7.65. The number of aliphatic hydroxyl groups is 4. The molecule has 18 heavy (non-hydrogen) atoms. The SMILES string of the molecule is O=COCCCCC1C(CO)OC(O)C(O)C1O. The molecule has 5 atom stereocenters. The normalized spacial score (nSPS) is 36.3. The lowest BCUT2D eigenvalue weighted by molar-refractivity contribution is -0.274. The van der Waals surface area contributed by atoms with Crippen molar-refractivity contribution in [2.75, 3.05) is 13.2 Å². The molecule has 0 radical (unpaired) electrons. The van der Waals surface area contributed by atoms with Gasteiger partial charge in [-0.2, -0.15) is 0 Å². The molecule has 0 aromatic carbocycles. The van der Waals surface area contributed by atoms with E-state index in [4.69, 9.17) is 9.84 Å². The Balaban J connectivity index is 2.41. The summed E-state index contributed by atoms with van der Waals surface area (Å²) in [5, 5.41) is 37.7. The molecule has 1 heterocycles. The van der Waals surface area contributed by atoms with Crippen molar-refractivity contribution in [1.82, 2.24) is 0 Å². The van der Waals surface area contributed by atoms with Gasteiger partial charge in [-0.3, -0.25) is 4.79 Å². The molecule has 7 heteroatoms. The van der Waals surface area contributed by atoms with Gasteiger partial charge in [-0.05, 0) is 19.3 Å². The molecule has 0 aromatic heterocycles. The highest BCUT2D eigenvalue weighted by molar-refractivity contribution is 5.36. The monoisotopic (exact) mass is 264 g/mol. The number of hydrogen-bond donors (Lipinski definition) is 4. The zero-order chi connectivity index (χ0) is 13.5. The van der Waals surface area contributed by atoms with Crippen LogP contribution in [0.1, 0.15) is 19.3 Å². The van der Waals surface area contributed by atoms with E-state index in [0.717, 1.165) is 0 Å². The zero-order valence-corrected chi connectivity index (χ0v) is 10.0. The van der Waals surface area contributed by atoms with E-state index in [1.807, 2.05) is 0 Å². The molecule has 1 aliphatic rings. The van der Waals surface area contributed by atoms with Crippen LogP contribution >= 0.6 is 0 Å². The fraction of sp³-hybridized carbons (Fsp3) is 0.909. The van der Waals surface area contributed by atoms with E-state index in [1.54, 1.807) is 0 Å². The topological polar surface area (TPSA) is 116 Å². The molecule has 0 bridgehead atoms. The van der Waals surface area contributed by atoms with Crippen LogP contribution in [0.25, 0.3) is 0 Å². The van der Waals surface area contributed by atoms with Gasteiger partial charge in [-0.25, -0.2) is 0 Å². The van der Waals surface area contributed by atoms with E-state index < -0.39 is 30.5 Å². The second-order valence-corrected chi connectivity index (χ2v) is 4.36. The number of carbonyl (C=O) groups excluding carboxylic acids is 1. The summed E-state index contributed by atoms with van der Waals surface area (Å²) in [6.45, 7) is 0.327. The maximum absolute atomic E-state index is 9.92. The van der Waals surface area contributed by atoms with Crippen molar-refractivity contribution in [2.24, 2.45) is 5.92 Å². The Labute approximate surface area is 105 Å². The Hall–Kier alpha value is -0.730. The second-order valence-electron chi connectivity index (χ2n) is 4.36. The molecule has 0 aromatic rings. The predicted octanol–water partition coefficient (Wildman–Crippen LogP) is -1.62. The van der Waals surface area contributed by atoms with Gasteiger partial charge in [-0.1, -0.05) is 0 Å². The van der Waals surface area contributed by atoms with Crippen LogP contribution < -0.4 is 0 Å². The lowest BCUT2D eigenvalue weighted by Crippen LogP contribution is -2.55. The van der Waals surface area contributed by atoms with E-state index in [0.29, 0.717) is 32.3 Å². The Morgan fingerprint density at radius 1 is 1.17 bits per heavy atom. The number of rotatable bonds is 7. The molecule has 4 N–H and O–H groups in total. The maximum Gasteiger partial charge on any atom is 0.293 e. The minimum absolute atomic E-state index is 0.294. The van der Waals surface area contributed by atoms with Gasteiger partial charge in [-0.15, -0.1) is 0 Å². The van der Waals surface area contributed by atoms with Crippen molar-refractivity contribution in [3.63, 3.8) is 0 Å². The number of unbranched alkanes of at least 4 members (excludes halogenated alkanes) is 1. The van der Waals surface area contributed by atoms with Gasteiger partial charge in [0, 0.05) is 5.92 Å². The third-order valence-electron chi connectivity index (χ3n) is 3.17. The Morgan fingerprint density at radius 3 is 2.50 bits per heavy atom. The van der Waals surface area contributed by atoms with Gasteiger partial charge in [0.05, 0.1) is 25.4 Å². The molecule has 0 aliphatic carbocycles. The largest absolute Gasteiger partial charge is 0.468 e. The van der Waals surface area contributed by atoms with Crippen molar-refractivity contribution < 1.29 is 34.7 Å². The predicted molar refractivity (Wildman–Crippen MR) is 59.3 cm³/mol. The van der Waals surface area contributed by atoms with Crippen LogP contribution in [0, 0.1) is 5.92 Å². The summed E-state index contributed by atoms with van der Waals surface area (Å²) in [5.74, 6) is -0.454. The third-order valence-corrected chi connectivity index (χ3v) is 3.17. The summed E-state index contributed by atoms with van der Waals surface area (Å²) in [4.78, 5) is 9.92. The van der Waals surface area contributed by atoms with Crippen molar-refractivity contribution in [2.45, 2.75) is 43.9 Å². The van der Waals surface area contributed by atoms with E-state index in [-0.39, 0.29) is 6.61 Å². The molecule has 1 aliphatic heterocycles. The van der Waals surface area contributed by atoms with Crippen molar-refractivity contribution in [3.8, 4) is 0 Å². The van der Waals surface area contributed by atoms with Gasteiger partial charge in [0.25, 0.3) is 6.47 Å². The maximum atomic E-state index is 9.92. The molecule has 0 spiro atoms. The first-order chi connectivity index (χ1) is 8.61. The van der Waals surface area contributed by atoms with E-state index in [9.17, 15) is 20.1 Å². The number of hydrogen-bond acceptors (Lipinski definition) is 7. The summed E-state index contributed by atoms with van der Waals surface area (Å²) >= 11 is 0. The summed E-state index contributed by atoms with van der Waals surface area (Å²) in [5.41, 5.74) is 0. The Morgan fingerprint density at radius 2 is 1.89 bits per heavy atom. The third kappa shape index (κ3) is 3.89. The molecule has 5 unspecified atom stereocenters. The van der Waals surface area contributed by atoms with Crippen molar-refractivity contribution >= 4 is 6.47 Å². The lowest BCUT2D eigenvalue weighted by atomic mass is 9.85. The molecule has 0 saturated carbocycles. The van der Waals surface area contributed by atoms with Gasteiger partial charge in [0.15, 0.2) is 6.29 Å². The lowest BCUT2D eigenvalue weighted by Gasteiger charge is -2.40. The van der Waals surface area contributed by atoms with E-state index >= 15 is 0 Å². The molecular formula is C11H20O7. The van der Waals surface area contributed by atoms with Crippen LogP contribution in [0.3, 0.4) is 0 Å². The summed E-state index contributed by atoms with van der Waals surface area (Å²) in [6.07, 6.45) is -2.92. The van der Waals surface area contributed by atoms with Crippen LogP contribution in [0.2, 0.25) is 0 Å². The highest BCUT2D eigenvalue weighted by Crippen LogP contribution is 2.29. The quantitative estimate of drug-likeness (QED) is 0.322. The molecule has 106 valence electrons. The summed E-state index contributed by atoms with van der Waals surface area (Å²) < 4.78 is 9.55. The van der Waals surface area contributed by atoms with Crippen LogP contribution in [0.15, 0.2) is 0 Å². The van der Waals surface area contributed by atoms with Crippen molar-refractivity contribution in [1.29, 1.82) is 0 Å². The number of aliphatic hydroxyl groups excluding tert-OH is 4. The molecule has 1 fully saturated rings. The smallest absolute Gasteiger partial charge is 0.293 e. The van der Waals surface area contributed by atoms with E-state index in [2.05, 4.69) is 4.74 Å². The number of carbonyl (C=O) groups is 1. The Kier molecular flexibility index (Phi) is 6.51. The first-order valence-electron chi connectivity index (χ1n) is 5.97. The Bertz CT molecular complexity index is 246. The highest BCUT2D eigenvalue weighted by Gasteiger charge is 2.42. The average molecular weight is 264 g/mol. The minimum atomic E-state index is -1.48. The van der Waals surface area contributed by atoms with Gasteiger partial charge in [0.1, 0.15) is 6.10 Å². The molecular weight excluding hydrogens is 244 g/mol. The summed E-state index contributed by atoms with van der Waals surface area (Å²) in [7, 11) is 0. The molecule has 7 nitrogen and oxygen atoms in total. The first kappa shape index (κ1) is 15.3. The highest BCUT2D eigenvalue weighted by atomic mass is 16.6. The molecule has 1 saturated heterocycles. The fourth-order valence-corrected chi connectivity index (χ4v) is 2.15. The summed E-state index contributed by atoms with van der Waals surface area (Å²) in [6, 6.07) is 0. The van der Waals surface area contributed by atoms with E-state index in [1.165, 1.54) is 0 Å². The van der Waals surface area contributed by atoms with Crippen LogP contribution in [-0.2, 0) is 14.3 Å². The van der Waals surface area contributed by atoms with Crippen molar-refractivity contribution in [3.05, 3.63) is 0 Å². The van der Waals surface area contributed by atoms with Gasteiger partial charge >= 0.3 is 0 Å². The van der Waals surface area contributed by atoms with Gasteiger partial charge in [0.2, 0.25) is 0 Å². The zero-order valence-electron chi connectivity index (χ0n) is 10.0. The fourth-order valence-electron chi connectivity index (χ4n) is 2.15. The first-order valence-corrected chi connectivity index (χ1v) is 5.97. The average Bonchev–Trinajstić information content (AvgIpc) is 2.37. The molecule has 0 amide bonds. The van der Waals surface area contributed by atoms with Gasteiger partial charge < -0.3 is 29.9 Å². The molecule has 1 rings (SSSR count).